The SMILES string of the molecule is Cc1cc(Br)c(O)c(C=Nc2ccc(-c3nc4cc(C)ccc4o3)cc2)c1. The summed E-state index contributed by atoms with van der Waals surface area (Å²) >= 11 is 3.35. The van der Waals surface area contributed by atoms with Crippen LogP contribution in [0, 0.1) is 13.8 Å². The summed E-state index contributed by atoms with van der Waals surface area (Å²) in [5.74, 6) is 0.772. The van der Waals surface area contributed by atoms with E-state index in [1.807, 2.05) is 68.4 Å². The highest BCUT2D eigenvalue weighted by Crippen LogP contribution is 2.29. The first-order valence-electron chi connectivity index (χ1n) is 8.50. The van der Waals surface area contributed by atoms with E-state index in [1.54, 1.807) is 6.21 Å². The summed E-state index contributed by atoms with van der Waals surface area (Å²) in [5.41, 5.74) is 6.17. The molecular weight excluding hydrogens is 404 g/mol. The van der Waals surface area contributed by atoms with Crippen molar-refractivity contribution in [2.75, 3.05) is 0 Å². The largest absolute Gasteiger partial charge is 0.506 e. The van der Waals surface area contributed by atoms with Crippen LogP contribution in [0.5, 0.6) is 5.75 Å². The Morgan fingerprint density at radius 1 is 1.00 bits per heavy atom. The van der Waals surface area contributed by atoms with Crippen LogP contribution < -0.4 is 0 Å². The lowest BCUT2D eigenvalue weighted by Crippen LogP contribution is -1.86. The Morgan fingerprint density at radius 2 is 1.78 bits per heavy atom. The van der Waals surface area contributed by atoms with Crippen molar-refractivity contribution in [3.05, 3.63) is 75.8 Å². The molecule has 4 aromatic rings. The molecule has 3 aromatic carbocycles. The third-order valence-electron chi connectivity index (χ3n) is 4.25. The molecule has 1 heterocycles. The Balaban J connectivity index is 1.60. The maximum absolute atomic E-state index is 10.1. The van der Waals surface area contributed by atoms with Crippen LogP contribution in [0.4, 0.5) is 5.69 Å². The lowest BCUT2D eigenvalue weighted by atomic mass is 10.1. The van der Waals surface area contributed by atoms with E-state index in [0.29, 0.717) is 15.9 Å². The van der Waals surface area contributed by atoms with Gasteiger partial charge < -0.3 is 9.52 Å². The van der Waals surface area contributed by atoms with Crippen molar-refractivity contribution in [3.8, 4) is 17.2 Å². The number of halogens is 1. The summed E-state index contributed by atoms with van der Waals surface area (Å²) in [6.45, 7) is 4.00. The van der Waals surface area contributed by atoms with E-state index in [4.69, 9.17) is 4.42 Å². The summed E-state index contributed by atoms with van der Waals surface area (Å²) in [6.07, 6.45) is 1.66. The van der Waals surface area contributed by atoms with Gasteiger partial charge in [0.15, 0.2) is 5.58 Å². The molecule has 0 bridgehead atoms. The number of fused-ring (bicyclic) bond motifs is 1. The van der Waals surface area contributed by atoms with Gasteiger partial charge in [-0.3, -0.25) is 4.99 Å². The minimum absolute atomic E-state index is 0.183. The Labute approximate surface area is 165 Å². The molecule has 0 unspecified atom stereocenters. The molecule has 5 heteroatoms. The zero-order valence-electron chi connectivity index (χ0n) is 14.9. The van der Waals surface area contributed by atoms with E-state index in [1.165, 1.54) is 0 Å². The topological polar surface area (TPSA) is 58.6 Å². The van der Waals surface area contributed by atoms with Crippen molar-refractivity contribution in [2.45, 2.75) is 13.8 Å². The lowest BCUT2D eigenvalue weighted by Gasteiger charge is -2.03. The number of aromatic nitrogens is 1. The first kappa shape index (κ1) is 17.5. The van der Waals surface area contributed by atoms with Gasteiger partial charge in [0.05, 0.1) is 10.2 Å². The molecule has 0 saturated carbocycles. The van der Waals surface area contributed by atoms with Gasteiger partial charge in [-0.05, 0) is 89.4 Å². The van der Waals surface area contributed by atoms with Crippen molar-refractivity contribution in [1.82, 2.24) is 4.98 Å². The van der Waals surface area contributed by atoms with E-state index in [9.17, 15) is 5.11 Å². The molecule has 27 heavy (non-hydrogen) atoms. The van der Waals surface area contributed by atoms with Gasteiger partial charge in [-0.2, -0.15) is 0 Å². The van der Waals surface area contributed by atoms with Gasteiger partial charge in [0.25, 0.3) is 0 Å². The van der Waals surface area contributed by atoms with E-state index >= 15 is 0 Å². The highest BCUT2D eigenvalue weighted by Gasteiger charge is 2.08. The fourth-order valence-corrected chi connectivity index (χ4v) is 3.44. The maximum atomic E-state index is 10.1. The van der Waals surface area contributed by atoms with Crippen molar-refractivity contribution in [3.63, 3.8) is 0 Å². The van der Waals surface area contributed by atoms with Gasteiger partial charge in [0, 0.05) is 17.3 Å². The molecule has 0 aliphatic carbocycles. The van der Waals surface area contributed by atoms with Crippen LogP contribution in [-0.2, 0) is 0 Å². The standard InChI is InChI=1S/C22H17BrN2O2/c1-13-3-8-20-19(11-13)25-22(27-20)15-4-6-17(7-5-15)24-12-16-9-14(2)10-18(23)21(16)26/h3-12,26H,1-2H3. The first-order valence-corrected chi connectivity index (χ1v) is 9.30. The minimum atomic E-state index is 0.183. The zero-order valence-corrected chi connectivity index (χ0v) is 16.5. The summed E-state index contributed by atoms with van der Waals surface area (Å²) in [7, 11) is 0. The Kier molecular flexibility index (Phi) is 4.54. The maximum Gasteiger partial charge on any atom is 0.227 e. The number of phenols is 1. The summed E-state index contributed by atoms with van der Waals surface area (Å²) in [6, 6.07) is 17.4. The second kappa shape index (κ2) is 7.00. The minimum Gasteiger partial charge on any atom is -0.506 e. The van der Waals surface area contributed by atoms with Gasteiger partial charge in [-0.1, -0.05) is 6.07 Å². The van der Waals surface area contributed by atoms with E-state index in [-0.39, 0.29) is 5.75 Å². The third kappa shape index (κ3) is 3.64. The smallest absolute Gasteiger partial charge is 0.227 e. The van der Waals surface area contributed by atoms with Gasteiger partial charge in [-0.15, -0.1) is 0 Å². The average Bonchev–Trinajstić information content (AvgIpc) is 3.07. The van der Waals surface area contributed by atoms with Crippen LogP contribution in [-0.4, -0.2) is 16.3 Å². The second-order valence-corrected chi connectivity index (χ2v) is 7.33. The number of aromatic hydroxyl groups is 1. The van der Waals surface area contributed by atoms with Gasteiger partial charge in [-0.25, -0.2) is 4.98 Å². The highest BCUT2D eigenvalue weighted by atomic mass is 79.9. The molecule has 4 nitrogen and oxygen atoms in total. The number of nitrogens with zero attached hydrogens (tertiary/aromatic N) is 2. The summed E-state index contributed by atoms with van der Waals surface area (Å²) < 4.78 is 6.49. The van der Waals surface area contributed by atoms with Crippen molar-refractivity contribution >= 4 is 38.9 Å². The number of oxazole rings is 1. The van der Waals surface area contributed by atoms with E-state index in [2.05, 4.69) is 25.9 Å². The van der Waals surface area contributed by atoms with Crippen LogP contribution in [0.15, 0.2) is 68.5 Å². The van der Waals surface area contributed by atoms with E-state index < -0.39 is 0 Å². The molecule has 0 aliphatic heterocycles. The number of hydrogen-bond acceptors (Lipinski definition) is 4. The second-order valence-electron chi connectivity index (χ2n) is 6.48. The molecule has 4 rings (SSSR count). The van der Waals surface area contributed by atoms with Gasteiger partial charge in [0.2, 0.25) is 5.89 Å². The van der Waals surface area contributed by atoms with Crippen molar-refractivity contribution in [2.24, 2.45) is 4.99 Å². The van der Waals surface area contributed by atoms with Crippen LogP contribution in [0.2, 0.25) is 0 Å². The zero-order chi connectivity index (χ0) is 19.0. The molecule has 134 valence electrons. The molecule has 0 radical (unpaired) electrons. The number of aliphatic imine (C=N–C) groups is 1. The predicted octanol–water partition coefficient (Wildman–Crippen LogP) is 6.33. The molecular formula is C22H17BrN2O2. The first-order chi connectivity index (χ1) is 13.0. The normalized spacial score (nSPS) is 11.5. The number of hydrogen-bond donors (Lipinski definition) is 1. The van der Waals surface area contributed by atoms with Crippen LogP contribution in [0.3, 0.4) is 0 Å². The molecule has 1 aromatic heterocycles. The quantitative estimate of drug-likeness (QED) is 0.393. The molecule has 0 aliphatic rings. The molecule has 0 fully saturated rings. The van der Waals surface area contributed by atoms with Crippen LogP contribution in [0.1, 0.15) is 16.7 Å². The fraction of sp³-hybridized carbons (Fsp3) is 0.0909. The Morgan fingerprint density at radius 3 is 2.56 bits per heavy atom. The number of benzene rings is 3. The molecule has 1 N–H and O–H groups in total. The Hall–Kier alpha value is -2.92. The Bertz CT molecular complexity index is 1160. The molecule has 0 saturated heterocycles. The highest BCUT2D eigenvalue weighted by molar-refractivity contribution is 9.10. The van der Waals surface area contributed by atoms with Crippen LogP contribution in [0.25, 0.3) is 22.6 Å². The summed E-state index contributed by atoms with van der Waals surface area (Å²) in [5, 5.41) is 10.1. The number of phenolic OH excluding ortho intramolecular Hbond substituents is 1. The lowest BCUT2D eigenvalue weighted by molar-refractivity contribution is 0.471. The van der Waals surface area contributed by atoms with Crippen molar-refractivity contribution < 1.29 is 9.52 Å². The van der Waals surface area contributed by atoms with Crippen LogP contribution >= 0.6 is 15.9 Å². The molecule has 0 atom stereocenters. The van der Waals surface area contributed by atoms with Gasteiger partial charge >= 0.3 is 0 Å². The predicted molar refractivity (Wildman–Crippen MR) is 112 cm³/mol. The molecule has 0 amide bonds. The average molecular weight is 421 g/mol. The number of aryl methyl sites for hydroxylation is 2. The monoisotopic (exact) mass is 420 g/mol. The summed E-state index contributed by atoms with van der Waals surface area (Å²) in [4.78, 5) is 9.01. The molecule has 0 spiro atoms. The van der Waals surface area contributed by atoms with Crippen molar-refractivity contribution in [1.29, 1.82) is 0 Å². The van der Waals surface area contributed by atoms with Gasteiger partial charge in [0.1, 0.15) is 11.3 Å². The van der Waals surface area contributed by atoms with E-state index in [0.717, 1.165) is 33.5 Å². The number of rotatable bonds is 3. The third-order valence-corrected chi connectivity index (χ3v) is 4.85. The fourth-order valence-electron chi connectivity index (χ4n) is 2.85.